The number of nitrogens with zero attached hydrogens (tertiary/aromatic N) is 1. The Morgan fingerprint density at radius 3 is 2.63 bits per heavy atom. The van der Waals surface area contributed by atoms with Gasteiger partial charge >= 0.3 is 0 Å². The van der Waals surface area contributed by atoms with Gasteiger partial charge in [0.05, 0.1) is 5.75 Å². The van der Waals surface area contributed by atoms with Crippen molar-refractivity contribution in [3.05, 3.63) is 0 Å². The summed E-state index contributed by atoms with van der Waals surface area (Å²) in [5.74, 6) is 1.25. The van der Waals surface area contributed by atoms with E-state index in [-0.39, 0.29) is 5.75 Å². The van der Waals surface area contributed by atoms with E-state index in [1.807, 2.05) is 0 Å². The molecule has 1 rings (SSSR count). The topological polar surface area (TPSA) is 49.4 Å². The average Bonchev–Trinajstić information content (AvgIpc) is 2.38. The fourth-order valence-electron chi connectivity index (χ4n) is 2.72. The van der Waals surface area contributed by atoms with Crippen LogP contribution in [0.2, 0.25) is 0 Å². The van der Waals surface area contributed by atoms with Crippen LogP contribution >= 0.6 is 0 Å². The molecule has 1 N–H and O–H groups in total. The molecule has 0 saturated carbocycles. The lowest BCUT2D eigenvalue weighted by Gasteiger charge is -2.42. The molecule has 0 aromatic rings. The minimum Gasteiger partial charge on any atom is -0.311 e. The third-order valence-electron chi connectivity index (χ3n) is 4.29. The van der Waals surface area contributed by atoms with Gasteiger partial charge in [-0.15, -0.1) is 0 Å². The van der Waals surface area contributed by atoms with Gasteiger partial charge in [-0.3, -0.25) is 4.90 Å². The molecule has 0 bridgehead atoms. The number of nitrogens with one attached hydrogen (secondary N) is 1. The van der Waals surface area contributed by atoms with E-state index in [0.717, 1.165) is 26.1 Å². The second-order valence-corrected chi connectivity index (χ2v) is 8.32. The molecule has 0 radical (unpaired) electrons. The van der Waals surface area contributed by atoms with Crippen molar-refractivity contribution in [2.24, 2.45) is 5.92 Å². The molecule has 1 fully saturated rings. The zero-order chi connectivity index (χ0) is 14.5. The summed E-state index contributed by atoms with van der Waals surface area (Å²) in [6.07, 6.45) is 1.93. The molecule has 0 aliphatic carbocycles. The molecule has 3 atom stereocenters. The Bertz CT molecular complexity index is 356. The summed E-state index contributed by atoms with van der Waals surface area (Å²) >= 11 is 0. The van der Waals surface area contributed by atoms with Crippen molar-refractivity contribution >= 4 is 9.84 Å². The molecule has 1 saturated heterocycles. The maximum atomic E-state index is 11.5. The number of rotatable bonds is 7. The highest BCUT2D eigenvalue weighted by Gasteiger charge is 2.28. The Kier molecular flexibility index (Phi) is 6.77. The van der Waals surface area contributed by atoms with E-state index in [1.165, 1.54) is 6.42 Å². The first-order chi connectivity index (χ1) is 8.89. The smallest absolute Gasteiger partial charge is 0.150 e. The maximum absolute atomic E-state index is 11.5. The lowest BCUT2D eigenvalue weighted by Crippen LogP contribution is -2.57. The van der Waals surface area contributed by atoms with Gasteiger partial charge in [-0.1, -0.05) is 27.2 Å². The highest BCUT2D eigenvalue weighted by Crippen LogP contribution is 2.18. The van der Waals surface area contributed by atoms with E-state index in [1.54, 1.807) is 6.92 Å². The molecule has 1 aliphatic heterocycles. The summed E-state index contributed by atoms with van der Waals surface area (Å²) in [7, 11) is -2.82. The van der Waals surface area contributed by atoms with E-state index >= 15 is 0 Å². The summed E-state index contributed by atoms with van der Waals surface area (Å²) in [5, 5.41) is 3.54. The van der Waals surface area contributed by atoms with Gasteiger partial charge < -0.3 is 5.32 Å². The van der Waals surface area contributed by atoms with E-state index < -0.39 is 9.84 Å². The van der Waals surface area contributed by atoms with Crippen LogP contribution in [0.1, 0.15) is 40.5 Å². The van der Waals surface area contributed by atoms with Crippen LogP contribution in [0.4, 0.5) is 0 Å². The molecule has 1 aliphatic rings. The molecule has 1 heterocycles. The lowest BCUT2D eigenvalue weighted by atomic mass is 9.94. The molecular formula is C14H30N2O2S. The molecule has 4 nitrogen and oxygen atoms in total. The first-order valence-corrected chi connectivity index (χ1v) is 9.39. The average molecular weight is 290 g/mol. The highest BCUT2D eigenvalue weighted by molar-refractivity contribution is 7.91. The van der Waals surface area contributed by atoms with Crippen molar-refractivity contribution < 1.29 is 8.42 Å². The van der Waals surface area contributed by atoms with Gasteiger partial charge in [0, 0.05) is 30.9 Å². The van der Waals surface area contributed by atoms with Crippen molar-refractivity contribution in [3.8, 4) is 0 Å². The number of hydrogen-bond acceptors (Lipinski definition) is 4. The predicted octanol–water partition coefficient (Wildman–Crippen LogP) is 1.52. The monoisotopic (exact) mass is 290 g/mol. The number of hydrogen-bond donors (Lipinski definition) is 1. The molecule has 19 heavy (non-hydrogen) atoms. The van der Waals surface area contributed by atoms with E-state index in [2.05, 4.69) is 31.0 Å². The zero-order valence-corrected chi connectivity index (χ0v) is 13.7. The summed E-state index contributed by atoms with van der Waals surface area (Å²) in [6, 6.07) is 1.05. The van der Waals surface area contributed by atoms with Gasteiger partial charge in [0.2, 0.25) is 0 Å². The molecule has 0 aromatic heterocycles. The van der Waals surface area contributed by atoms with Gasteiger partial charge in [-0.05, 0) is 25.8 Å². The van der Waals surface area contributed by atoms with Gasteiger partial charge in [0.1, 0.15) is 9.84 Å². The Balaban J connectivity index is 2.51. The largest absolute Gasteiger partial charge is 0.311 e. The summed E-state index contributed by atoms with van der Waals surface area (Å²) in [4.78, 5) is 2.49. The molecule has 0 aromatic carbocycles. The minimum atomic E-state index is -2.82. The van der Waals surface area contributed by atoms with E-state index in [4.69, 9.17) is 0 Å². The number of sulfone groups is 1. The van der Waals surface area contributed by atoms with Crippen LogP contribution < -0.4 is 5.32 Å². The van der Waals surface area contributed by atoms with Crippen LogP contribution in [0, 0.1) is 5.92 Å². The van der Waals surface area contributed by atoms with Crippen molar-refractivity contribution in [2.75, 3.05) is 31.1 Å². The van der Waals surface area contributed by atoms with E-state index in [9.17, 15) is 8.42 Å². The van der Waals surface area contributed by atoms with Crippen LogP contribution in [-0.2, 0) is 9.84 Å². The third-order valence-corrected chi connectivity index (χ3v) is 6.08. The normalized spacial score (nSPS) is 27.4. The standard InChI is InChI=1S/C14H30N2O2S/c1-5-12(3)14-10-15-13(4)11-16(14)8-7-9-19(17,18)6-2/h12-15H,5-11H2,1-4H3. The minimum absolute atomic E-state index is 0.264. The lowest BCUT2D eigenvalue weighted by molar-refractivity contribution is 0.0960. The molecular weight excluding hydrogens is 260 g/mol. The van der Waals surface area contributed by atoms with E-state index in [0.29, 0.717) is 23.8 Å². The Morgan fingerprint density at radius 2 is 2.05 bits per heavy atom. The number of piperazine rings is 1. The van der Waals surface area contributed by atoms with Crippen LogP contribution in [0.15, 0.2) is 0 Å². The maximum Gasteiger partial charge on any atom is 0.150 e. The van der Waals surface area contributed by atoms with Gasteiger partial charge in [0.25, 0.3) is 0 Å². The van der Waals surface area contributed by atoms with Crippen molar-refractivity contribution in [2.45, 2.75) is 52.6 Å². The second-order valence-electron chi connectivity index (χ2n) is 5.85. The highest BCUT2D eigenvalue weighted by atomic mass is 32.2. The van der Waals surface area contributed by atoms with Gasteiger partial charge in [-0.25, -0.2) is 8.42 Å². The van der Waals surface area contributed by atoms with Crippen LogP contribution in [0.25, 0.3) is 0 Å². The summed E-state index contributed by atoms with van der Waals surface area (Å²) in [5.41, 5.74) is 0. The van der Waals surface area contributed by atoms with Crippen molar-refractivity contribution in [3.63, 3.8) is 0 Å². The molecule has 5 heteroatoms. The van der Waals surface area contributed by atoms with Crippen LogP contribution in [0.5, 0.6) is 0 Å². The van der Waals surface area contributed by atoms with Crippen LogP contribution in [0.3, 0.4) is 0 Å². The first kappa shape index (κ1) is 16.9. The fraction of sp³-hybridized carbons (Fsp3) is 1.00. The molecule has 114 valence electrons. The Morgan fingerprint density at radius 1 is 1.37 bits per heavy atom. The zero-order valence-electron chi connectivity index (χ0n) is 12.9. The SMILES string of the molecule is CCC(C)C1CNC(C)CN1CCCS(=O)(=O)CC. The first-order valence-electron chi connectivity index (χ1n) is 7.57. The molecule has 0 amide bonds. The molecule has 0 spiro atoms. The van der Waals surface area contributed by atoms with Crippen molar-refractivity contribution in [1.29, 1.82) is 0 Å². The Hall–Kier alpha value is -0.130. The molecule has 3 unspecified atom stereocenters. The summed E-state index contributed by atoms with van der Waals surface area (Å²) in [6.45, 7) is 11.4. The third kappa shape index (κ3) is 5.40. The Labute approximate surface area is 118 Å². The fourth-order valence-corrected chi connectivity index (χ4v) is 3.58. The predicted molar refractivity (Wildman–Crippen MR) is 81.2 cm³/mol. The quantitative estimate of drug-likeness (QED) is 0.772. The second kappa shape index (κ2) is 7.60. The van der Waals surface area contributed by atoms with Gasteiger partial charge in [-0.2, -0.15) is 0 Å². The summed E-state index contributed by atoms with van der Waals surface area (Å²) < 4.78 is 23.1. The van der Waals surface area contributed by atoms with Crippen molar-refractivity contribution in [1.82, 2.24) is 10.2 Å². The van der Waals surface area contributed by atoms with Gasteiger partial charge in [0.15, 0.2) is 0 Å². The van der Waals surface area contributed by atoms with Crippen LogP contribution in [-0.4, -0.2) is 56.5 Å².